The van der Waals surface area contributed by atoms with Crippen LogP contribution in [0.4, 0.5) is 5.82 Å². The first-order chi connectivity index (χ1) is 10.7. The number of nitrogens with zero attached hydrogens (tertiary/aromatic N) is 2. The molecule has 1 aromatic heterocycles. The van der Waals surface area contributed by atoms with Gasteiger partial charge in [0.25, 0.3) is 0 Å². The number of ether oxygens (including phenoxy) is 2. The Balaban J connectivity index is 2.01. The second kappa shape index (κ2) is 6.19. The molecule has 5 nitrogen and oxygen atoms in total. The average Bonchev–Trinajstić information content (AvgIpc) is 2.56. The van der Waals surface area contributed by atoms with E-state index >= 15 is 0 Å². The van der Waals surface area contributed by atoms with Crippen LogP contribution in [0.25, 0.3) is 10.9 Å². The number of rotatable bonds is 4. The van der Waals surface area contributed by atoms with Crippen molar-refractivity contribution >= 4 is 32.7 Å². The van der Waals surface area contributed by atoms with E-state index in [9.17, 15) is 0 Å². The molecule has 3 rings (SSSR count). The van der Waals surface area contributed by atoms with E-state index in [0.29, 0.717) is 34.8 Å². The molecule has 0 amide bonds. The van der Waals surface area contributed by atoms with Crippen LogP contribution in [0.1, 0.15) is 5.56 Å². The maximum absolute atomic E-state index is 5.92. The first kappa shape index (κ1) is 14.6. The lowest BCUT2D eigenvalue weighted by molar-refractivity contribution is 0.302. The Morgan fingerprint density at radius 2 is 1.91 bits per heavy atom. The standard InChI is InChI=1S/C16H14BrN3O2/c1-21-11-7-12(22-8-10-5-3-2-4-6-10)14(17)15-13(11)16(18)20-9-19-15/h2-7,9H,8H2,1H3,(H2,18,19,20). The van der Waals surface area contributed by atoms with Gasteiger partial charge in [0.1, 0.15) is 30.3 Å². The molecule has 0 aliphatic heterocycles. The number of nitrogen functional groups attached to an aromatic ring is 1. The highest BCUT2D eigenvalue weighted by molar-refractivity contribution is 9.10. The Labute approximate surface area is 136 Å². The molecule has 2 aromatic carbocycles. The first-order valence-electron chi connectivity index (χ1n) is 6.64. The summed E-state index contributed by atoms with van der Waals surface area (Å²) in [5, 5.41) is 0.670. The van der Waals surface area contributed by atoms with Crippen LogP contribution in [-0.2, 0) is 6.61 Å². The normalized spacial score (nSPS) is 10.6. The van der Waals surface area contributed by atoms with Crippen LogP contribution >= 0.6 is 15.9 Å². The highest BCUT2D eigenvalue weighted by Gasteiger charge is 2.16. The second-order valence-electron chi connectivity index (χ2n) is 4.65. The van der Waals surface area contributed by atoms with Gasteiger partial charge in [-0.1, -0.05) is 30.3 Å². The van der Waals surface area contributed by atoms with Gasteiger partial charge in [-0.15, -0.1) is 0 Å². The second-order valence-corrected chi connectivity index (χ2v) is 5.44. The van der Waals surface area contributed by atoms with Crippen LogP contribution in [0.15, 0.2) is 47.2 Å². The van der Waals surface area contributed by atoms with E-state index < -0.39 is 0 Å². The van der Waals surface area contributed by atoms with Crippen LogP contribution in [-0.4, -0.2) is 17.1 Å². The van der Waals surface area contributed by atoms with Crippen molar-refractivity contribution in [1.82, 2.24) is 9.97 Å². The number of hydrogen-bond donors (Lipinski definition) is 1. The molecule has 0 aliphatic carbocycles. The molecular formula is C16H14BrN3O2. The summed E-state index contributed by atoms with van der Waals surface area (Å²) in [6.07, 6.45) is 1.42. The van der Waals surface area contributed by atoms with Crippen LogP contribution in [0.2, 0.25) is 0 Å². The maximum Gasteiger partial charge on any atom is 0.139 e. The maximum atomic E-state index is 5.92. The van der Waals surface area contributed by atoms with Gasteiger partial charge in [0.05, 0.1) is 22.5 Å². The Bertz CT molecular complexity index is 809. The summed E-state index contributed by atoms with van der Waals surface area (Å²) in [5.74, 6) is 1.60. The summed E-state index contributed by atoms with van der Waals surface area (Å²) in [4.78, 5) is 8.27. The van der Waals surface area contributed by atoms with Crippen molar-refractivity contribution in [1.29, 1.82) is 0 Å². The fraction of sp³-hybridized carbons (Fsp3) is 0.125. The topological polar surface area (TPSA) is 70.3 Å². The fourth-order valence-electron chi connectivity index (χ4n) is 2.18. The largest absolute Gasteiger partial charge is 0.496 e. The van der Waals surface area contributed by atoms with Crippen LogP contribution < -0.4 is 15.2 Å². The monoisotopic (exact) mass is 359 g/mol. The highest BCUT2D eigenvalue weighted by atomic mass is 79.9. The predicted octanol–water partition coefficient (Wildman–Crippen LogP) is 3.56. The number of anilines is 1. The molecule has 0 radical (unpaired) electrons. The van der Waals surface area contributed by atoms with Gasteiger partial charge in [-0.3, -0.25) is 0 Å². The Kier molecular flexibility index (Phi) is 4.11. The lowest BCUT2D eigenvalue weighted by Crippen LogP contribution is -2.00. The quantitative estimate of drug-likeness (QED) is 0.770. The van der Waals surface area contributed by atoms with E-state index in [2.05, 4.69) is 25.9 Å². The molecule has 3 aromatic rings. The lowest BCUT2D eigenvalue weighted by atomic mass is 10.2. The van der Waals surface area contributed by atoms with Crippen molar-refractivity contribution in [2.24, 2.45) is 0 Å². The van der Waals surface area contributed by atoms with Gasteiger partial charge in [0, 0.05) is 6.07 Å². The minimum absolute atomic E-state index is 0.372. The van der Waals surface area contributed by atoms with Gasteiger partial charge in [-0.25, -0.2) is 9.97 Å². The third kappa shape index (κ3) is 2.69. The zero-order valence-corrected chi connectivity index (χ0v) is 13.5. The van der Waals surface area contributed by atoms with Crippen LogP contribution in [0.5, 0.6) is 11.5 Å². The summed E-state index contributed by atoms with van der Waals surface area (Å²) in [6.45, 7) is 0.453. The molecule has 0 bridgehead atoms. The van der Waals surface area contributed by atoms with Crippen molar-refractivity contribution in [2.45, 2.75) is 6.61 Å². The number of fused-ring (bicyclic) bond motifs is 1. The van der Waals surface area contributed by atoms with Gasteiger partial charge in [-0.05, 0) is 21.5 Å². The van der Waals surface area contributed by atoms with Crippen LogP contribution in [0, 0.1) is 0 Å². The van der Waals surface area contributed by atoms with E-state index in [1.165, 1.54) is 6.33 Å². The Morgan fingerprint density at radius 3 is 2.64 bits per heavy atom. The first-order valence-corrected chi connectivity index (χ1v) is 7.43. The minimum Gasteiger partial charge on any atom is -0.496 e. The van der Waals surface area contributed by atoms with E-state index in [1.807, 2.05) is 30.3 Å². The van der Waals surface area contributed by atoms with E-state index in [1.54, 1.807) is 13.2 Å². The number of aromatic nitrogens is 2. The van der Waals surface area contributed by atoms with Crippen molar-refractivity contribution in [3.63, 3.8) is 0 Å². The molecule has 1 heterocycles. The third-order valence-corrected chi connectivity index (χ3v) is 4.03. The third-order valence-electron chi connectivity index (χ3n) is 3.27. The number of benzene rings is 2. The van der Waals surface area contributed by atoms with Gasteiger partial charge in [-0.2, -0.15) is 0 Å². The molecular weight excluding hydrogens is 346 g/mol. The summed E-state index contributed by atoms with van der Waals surface area (Å²) >= 11 is 3.53. The van der Waals surface area contributed by atoms with Crippen molar-refractivity contribution in [3.8, 4) is 11.5 Å². The van der Waals surface area contributed by atoms with Crippen molar-refractivity contribution in [3.05, 3.63) is 52.8 Å². The molecule has 22 heavy (non-hydrogen) atoms. The molecule has 6 heteroatoms. The van der Waals surface area contributed by atoms with Crippen molar-refractivity contribution in [2.75, 3.05) is 12.8 Å². The number of methoxy groups -OCH3 is 1. The zero-order valence-electron chi connectivity index (χ0n) is 11.9. The van der Waals surface area contributed by atoms with Gasteiger partial charge >= 0.3 is 0 Å². The van der Waals surface area contributed by atoms with Gasteiger partial charge < -0.3 is 15.2 Å². The summed E-state index contributed by atoms with van der Waals surface area (Å²) in [5.41, 5.74) is 7.67. The average molecular weight is 360 g/mol. The Morgan fingerprint density at radius 1 is 1.14 bits per heavy atom. The molecule has 0 aliphatic rings. The van der Waals surface area contributed by atoms with Gasteiger partial charge in [0.15, 0.2) is 0 Å². The van der Waals surface area contributed by atoms with Crippen LogP contribution in [0.3, 0.4) is 0 Å². The number of halogens is 1. The highest BCUT2D eigenvalue weighted by Crippen LogP contribution is 2.40. The molecule has 0 atom stereocenters. The molecule has 0 saturated heterocycles. The van der Waals surface area contributed by atoms with E-state index in [4.69, 9.17) is 15.2 Å². The van der Waals surface area contributed by atoms with E-state index in [0.717, 1.165) is 10.0 Å². The number of nitrogens with two attached hydrogens (primary N) is 1. The smallest absolute Gasteiger partial charge is 0.139 e. The SMILES string of the molecule is COc1cc(OCc2ccccc2)c(Br)c2ncnc(N)c12. The molecule has 0 saturated carbocycles. The predicted molar refractivity (Wildman–Crippen MR) is 89.0 cm³/mol. The summed E-state index contributed by atoms with van der Waals surface area (Å²) in [6, 6.07) is 11.7. The number of hydrogen-bond acceptors (Lipinski definition) is 5. The fourth-order valence-corrected chi connectivity index (χ4v) is 2.71. The molecule has 0 unspecified atom stereocenters. The summed E-state index contributed by atoms with van der Waals surface area (Å²) in [7, 11) is 1.58. The van der Waals surface area contributed by atoms with Crippen molar-refractivity contribution < 1.29 is 9.47 Å². The molecule has 0 fully saturated rings. The summed E-state index contributed by atoms with van der Waals surface area (Å²) < 4.78 is 12.0. The zero-order chi connectivity index (χ0) is 15.5. The molecule has 112 valence electrons. The molecule has 2 N–H and O–H groups in total. The Hall–Kier alpha value is -2.34. The molecule has 0 spiro atoms. The lowest BCUT2D eigenvalue weighted by Gasteiger charge is -2.13. The van der Waals surface area contributed by atoms with E-state index in [-0.39, 0.29) is 0 Å². The van der Waals surface area contributed by atoms with Gasteiger partial charge in [0.2, 0.25) is 0 Å². The minimum atomic E-state index is 0.372.